The van der Waals surface area contributed by atoms with E-state index in [2.05, 4.69) is 4.98 Å². The van der Waals surface area contributed by atoms with Gasteiger partial charge in [-0.05, 0) is 51.3 Å². The Morgan fingerprint density at radius 3 is 2.66 bits per heavy atom. The third kappa shape index (κ3) is 4.97. The molecule has 3 aromatic heterocycles. The molecule has 1 saturated heterocycles. The summed E-state index contributed by atoms with van der Waals surface area (Å²) >= 11 is 0. The van der Waals surface area contributed by atoms with Gasteiger partial charge in [0.2, 0.25) is 0 Å². The van der Waals surface area contributed by atoms with Crippen LogP contribution in [0.2, 0.25) is 0 Å². The van der Waals surface area contributed by atoms with E-state index in [0.717, 1.165) is 0 Å². The molecule has 0 spiro atoms. The molecule has 0 aromatic carbocycles. The Morgan fingerprint density at radius 2 is 1.94 bits per heavy atom. The second kappa shape index (κ2) is 10.8. The Hall–Kier alpha value is -3.53. The Kier molecular flexibility index (Phi) is 7.60. The number of aryl methyl sites for hydroxylation is 1. The van der Waals surface area contributed by atoms with Crippen molar-refractivity contribution in [3.8, 4) is 0 Å². The van der Waals surface area contributed by atoms with Gasteiger partial charge in [-0.1, -0.05) is 6.07 Å². The summed E-state index contributed by atoms with van der Waals surface area (Å²) in [5.41, 5.74) is 0.722. The van der Waals surface area contributed by atoms with E-state index < -0.39 is 0 Å². The van der Waals surface area contributed by atoms with Crippen molar-refractivity contribution in [1.82, 2.24) is 18.9 Å². The fourth-order valence-electron chi connectivity index (χ4n) is 4.49. The van der Waals surface area contributed by atoms with Crippen molar-refractivity contribution >= 4 is 28.6 Å². The Labute approximate surface area is 202 Å². The molecule has 35 heavy (non-hydrogen) atoms. The van der Waals surface area contributed by atoms with E-state index in [-0.39, 0.29) is 39.8 Å². The number of hydrogen-bond donors (Lipinski definition) is 1. The van der Waals surface area contributed by atoms with Crippen LogP contribution in [0.5, 0.6) is 0 Å². The summed E-state index contributed by atoms with van der Waals surface area (Å²) in [7, 11) is 0. The van der Waals surface area contributed by atoms with Crippen LogP contribution in [0.15, 0.2) is 35.3 Å². The van der Waals surface area contributed by atoms with Crippen LogP contribution in [-0.2, 0) is 20.8 Å². The van der Waals surface area contributed by atoms with Crippen LogP contribution in [0.1, 0.15) is 43.5 Å². The number of nitrogens with zero attached hydrogens (tertiary/aromatic N) is 4. The zero-order valence-corrected chi connectivity index (χ0v) is 20.2. The van der Waals surface area contributed by atoms with E-state index in [1.165, 1.54) is 10.5 Å². The molecule has 4 heterocycles. The molecule has 1 N–H and O–H groups in total. The number of piperidine rings is 1. The molecule has 3 aromatic rings. The van der Waals surface area contributed by atoms with Crippen molar-refractivity contribution in [2.45, 2.75) is 39.7 Å². The fraction of sp³-hybridized carbons (Fsp3) is 0.480. The maximum Gasteiger partial charge on any atom is 0.309 e. The topological polar surface area (TPSA) is 119 Å². The van der Waals surface area contributed by atoms with Gasteiger partial charge in [-0.2, -0.15) is 0 Å². The maximum atomic E-state index is 13.5. The van der Waals surface area contributed by atoms with Crippen molar-refractivity contribution in [3.63, 3.8) is 0 Å². The summed E-state index contributed by atoms with van der Waals surface area (Å²) < 4.78 is 13.6. The molecule has 0 radical (unpaired) electrons. The molecule has 10 heteroatoms. The third-order valence-corrected chi connectivity index (χ3v) is 6.33. The van der Waals surface area contributed by atoms with Crippen LogP contribution in [0, 0.1) is 11.3 Å². The lowest BCUT2D eigenvalue weighted by Gasteiger charge is -2.31. The Bertz CT molecular complexity index is 1350. The quantitative estimate of drug-likeness (QED) is 0.299. The summed E-state index contributed by atoms with van der Waals surface area (Å²) in [6.45, 7) is 6.27. The summed E-state index contributed by atoms with van der Waals surface area (Å²) in [6.07, 6.45) is 3.26. The van der Waals surface area contributed by atoms with Crippen molar-refractivity contribution in [2.24, 2.45) is 5.92 Å². The highest BCUT2D eigenvalue weighted by Crippen LogP contribution is 2.20. The number of rotatable bonds is 8. The number of carbonyl (C=O) groups excluding carboxylic acids is 2. The van der Waals surface area contributed by atoms with Gasteiger partial charge in [0.05, 0.1) is 23.5 Å². The van der Waals surface area contributed by atoms with Crippen molar-refractivity contribution in [2.75, 3.05) is 32.9 Å². The number of esters is 1. The Morgan fingerprint density at radius 1 is 1.17 bits per heavy atom. The van der Waals surface area contributed by atoms with Gasteiger partial charge in [0.15, 0.2) is 0 Å². The lowest BCUT2D eigenvalue weighted by atomic mass is 9.96. The third-order valence-electron chi connectivity index (χ3n) is 6.33. The fourth-order valence-corrected chi connectivity index (χ4v) is 4.49. The smallest absolute Gasteiger partial charge is 0.309 e. The van der Waals surface area contributed by atoms with Gasteiger partial charge in [-0.25, -0.2) is 4.98 Å². The van der Waals surface area contributed by atoms with Crippen LogP contribution in [0.3, 0.4) is 0 Å². The maximum absolute atomic E-state index is 13.5. The van der Waals surface area contributed by atoms with E-state index in [9.17, 15) is 14.4 Å². The number of fused-ring (bicyclic) bond motifs is 2. The average molecular weight is 482 g/mol. The van der Waals surface area contributed by atoms with E-state index in [4.69, 9.17) is 14.9 Å². The van der Waals surface area contributed by atoms with Crippen molar-refractivity contribution in [1.29, 1.82) is 5.41 Å². The molecule has 1 aliphatic rings. The van der Waals surface area contributed by atoms with Gasteiger partial charge in [-0.15, -0.1) is 0 Å². The number of aromatic nitrogens is 3. The van der Waals surface area contributed by atoms with Crippen LogP contribution in [0.25, 0.3) is 16.7 Å². The van der Waals surface area contributed by atoms with E-state index >= 15 is 0 Å². The minimum Gasteiger partial charge on any atom is -0.466 e. The van der Waals surface area contributed by atoms with E-state index in [1.807, 2.05) is 6.92 Å². The molecular weight excluding hydrogens is 450 g/mol. The molecule has 186 valence electrons. The van der Waals surface area contributed by atoms with Gasteiger partial charge in [-0.3, -0.25) is 24.2 Å². The molecule has 0 aliphatic carbocycles. The number of carbonyl (C=O) groups is 2. The lowest BCUT2D eigenvalue weighted by molar-refractivity contribution is -0.149. The van der Waals surface area contributed by atoms with Gasteiger partial charge in [0.1, 0.15) is 16.8 Å². The molecule has 0 bridgehead atoms. The van der Waals surface area contributed by atoms with Crippen LogP contribution >= 0.6 is 0 Å². The lowest BCUT2D eigenvalue weighted by Crippen LogP contribution is -2.43. The van der Waals surface area contributed by atoms with Crippen LogP contribution < -0.4 is 11.0 Å². The molecule has 10 nitrogen and oxygen atoms in total. The Balaban J connectivity index is 1.73. The number of likely N-dealkylation sites (tertiary alicyclic amines) is 1. The van der Waals surface area contributed by atoms with Gasteiger partial charge in [0, 0.05) is 39.0 Å². The molecule has 1 amide bonds. The van der Waals surface area contributed by atoms with Gasteiger partial charge in [0.25, 0.3) is 11.5 Å². The molecule has 1 aliphatic heterocycles. The first-order chi connectivity index (χ1) is 17.0. The predicted molar refractivity (Wildman–Crippen MR) is 129 cm³/mol. The summed E-state index contributed by atoms with van der Waals surface area (Å²) in [6, 6.07) is 6.77. The molecule has 0 saturated carbocycles. The highest BCUT2D eigenvalue weighted by molar-refractivity contribution is 5.97. The van der Waals surface area contributed by atoms with Crippen LogP contribution in [-0.4, -0.2) is 63.6 Å². The highest BCUT2D eigenvalue weighted by Gasteiger charge is 2.30. The second-order valence-electron chi connectivity index (χ2n) is 8.51. The zero-order valence-electron chi connectivity index (χ0n) is 20.2. The molecular formula is C25H31N5O5. The number of nitrogens with one attached hydrogen (secondary N) is 1. The van der Waals surface area contributed by atoms with Gasteiger partial charge < -0.3 is 18.9 Å². The SMILES string of the molecule is CCOCCCn1c(=N)c(C(=O)N2CCC(C(=O)OCC)CC2)cc2c(=O)n3ccccc3nc21. The average Bonchev–Trinajstić information content (AvgIpc) is 2.87. The van der Waals surface area contributed by atoms with Crippen molar-refractivity contribution in [3.05, 3.63) is 51.9 Å². The second-order valence-corrected chi connectivity index (χ2v) is 8.51. The molecule has 1 fully saturated rings. The first-order valence-corrected chi connectivity index (χ1v) is 12.1. The standard InChI is InChI=1S/C25H31N5O5/c1-3-34-15-7-12-30-21(26)18(23(31)28-13-9-17(10-14-28)25(33)35-4-2)16-19-22(30)27-20-8-5-6-11-29(20)24(19)32/h5-6,8,11,16-17,26H,3-4,7,9-10,12-15H2,1-2H3. The number of pyridine rings is 2. The van der Waals surface area contributed by atoms with Crippen LogP contribution in [0.4, 0.5) is 0 Å². The van der Waals surface area contributed by atoms with Gasteiger partial charge >= 0.3 is 5.97 Å². The first-order valence-electron chi connectivity index (χ1n) is 12.1. The summed E-state index contributed by atoms with van der Waals surface area (Å²) in [5, 5.41) is 9.13. The minimum atomic E-state index is -0.324. The predicted octanol–water partition coefficient (Wildman–Crippen LogP) is 1.97. The highest BCUT2D eigenvalue weighted by atomic mass is 16.5. The normalized spacial score (nSPS) is 14.5. The minimum absolute atomic E-state index is 0.0127. The molecule has 0 atom stereocenters. The monoisotopic (exact) mass is 481 g/mol. The molecule has 4 rings (SSSR count). The van der Waals surface area contributed by atoms with E-state index in [0.29, 0.717) is 70.0 Å². The summed E-state index contributed by atoms with van der Waals surface area (Å²) in [5.74, 6) is -0.783. The van der Waals surface area contributed by atoms with Crippen molar-refractivity contribution < 1.29 is 19.1 Å². The number of amides is 1. The number of hydrogen-bond acceptors (Lipinski definition) is 7. The number of ether oxygens (including phenoxy) is 2. The van der Waals surface area contributed by atoms with E-state index in [1.54, 1.807) is 40.8 Å². The zero-order chi connectivity index (χ0) is 24.9. The largest absolute Gasteiger partial charge is 0.466 e. The first kappa shape index (κ1) is 24.6. The molecule has 0 unspecified atom stereocenters. The summed E-state index contributed by atoms with van der Waals surface area (Å²) in [4.78, 5) is 45.2.